The number of hydrogen-bond donors (Lipinski definition) is 0. The molecule has 1 nitrogen and oxygen atoms in total. The molecule has 0 unspecified atom stereocenters. The van der Waals surface area contributed by atoms with E-state index in [2.05, 4.69) is 24.3 Å². The predicted octanol–water partition coefficient (Wildman–Crippen LogP) is 1.25. The van der Waals surface area contributed by atoms with Crippen LogP contribution >= 0.6 is 0 Å². The van der Waals surface area contributed by atoms with Crippen LogP contribution < -0.4 is 0 Å². The predicted molar refractivity (Wildman–Crippen MR) is 54.7 cm³/mol. The first-order valence-corrected chi connectivity index (χ1v) is 7.82. The second-order valence-electron chi connectivity index (χ2n) is 2.98. The summed E-state index contributed by atoms with van der Waals surface area (Å²) in [7, 11) is 0. The molecule has 0 aliphatic carbocycles. The Morgan fingerprint density at radius 2 is 2.08 bits per heavy atom. The molecule has 2 aromatic rings. The first-order valence-electron chi connectivity index (χ1n) is 4.04. The van der Waals surface area contributed by atoms with Crippen LogP contribution in [0.25, 0.3) is 9.65 Å². The normalized spacial score (nSPS) is 15.2. The molecule has 0 amide bonds. The maximum atomic E-state index is 11.5. The van der Waals surface area contributed by atoms with Gasteiger partial charge in [0, 0.05) is 0 Å². The zero-order valence-corrected chi connectivity index (χ0v) is 10.2. The molecule has 0 radical (unpaired) electrons. The number of carbonyl (C=O) groups is 1. The van der Waals surface area contributed by atoms with Crippen molar-refractivity contribution in [3.63, 3.8) is 0 Å². The Morgan fingerprint density at radius 1 is 1.23 bits per heavy atom. The number of carbonyl (C=O) groups excluding carboxylic acids is 1. The summed E-state index contributed by atoms with van der Waals surface area (Å²) in [6, 6.07) is 8.46. The standard InChI is InChI=1S/C10H6OSe2/c11-10-9-7(5-12-10)6-3-1-2-4-8(6)13-9/h1-4H,5H2. The second kappa shape index (κ2) is 2.83. The Bertz CT molecular complexity index is 499. The molecule has 0 saturated carbocycles. The average Bonchev–Trinajstić information content (AvgIpc) is 2.67. The molecule has 1 aliphatic heterocycles. The Morgan fingerprint density at radius 3 is 3.00 bits per heavy atom. The molecule has 64 valence electrons. The van der Waals surface area contributed by atoms with Crippen molar-refractivity contribution in [2.45, 2.75) is 5.32 Å². The summed E-state index contributed by atoms with van der Waals surface area (Å²) in [5.41, 5.74) is 1.38. The molecule has 0 saturated heterocycles. The zero-order valence-electron chi connectivity index (χ0n) is 6.74. The summed E-state index contributed by atoms with van der Waals surface area (Å²) in [4.78, 5) is 11.5. The van der Waals surface area contributed by atoms with Crippen molar-refractivity contribution in [1.29, 1.82) is 0 Å². The zero-order chi connectivity index (χ0) is 8.84. The van der Waals surface area contributed by atoms with Crippen molar-refractivity contribution in [3.8, 4) is 0 Å². The third-order valence-electron chi connectivity index (χ3n) is 2.23. The molecular weight excluding hydrogens is 294 g/mol. The van der Waals surface area contributed by atoms with Crippen LogP contribution in [0.15, 0.2) is 24.3 Å². The van der Waals surface area contributed by atoms with Gasteiger partial charge in [0.25, 0.3) is 0 Å². The molecule has 3 heteroatoms. The van der Waals surface area contributed by atoms with Gasteiger partial charge in [0.15, 0.2) is 0 Å². The number of fused-ring (bicyclic) bond motifs is 3. The van der Waals surface area contributed by atoms with E-state index in [1.165, 1.54) is 19.6 Å². The molecule has 13 heavy (non-hydrogen) atoms. The molecule has 3 rings (SSSR count). The molecule has 2 heterocycles. The van der Waals surface area contributed by atoms with Crippen LogP contribution in [0.2, 0.25) is 0 Å². The quantitative estimate of drug-likeness (QED) is 0.669. The van der Waals surface area contributed by atoms with Crippen molar-refractivity contribution in [2.24, 2.45) is 0 Å². The van der Waals surface area contributed by atoms with E-state index in [4.69, 9.17) is 0 Å². The fraction of sp³-hybridized carbons (Fsp3) is 0.100. The summed E-state index contributed by atoms with van der Waals surface area (Å²) in [6.45, 7) is 0. The Kier molecular flexibility index (Phi) is 1.74. The molecular formula is C10H6OSe2. The first kappa shape index (κ1) is 8.02. The van der Waals surface area contributed by atoms with Crippen LogP contribution in [-0.2, 0) is 5.32 Å². The van der Waals surface area contributed by atoms with Crippen molar-refractivity contribution in [1.82, 2.24) is 0 Å². The number of rotatable bonds is 0. The van der Waals surface area contributed by atoms with E-state index in [1.807, 2.05) is 0 Å². The summed E-state index contributed by atoms with van der Waals surface area (Å²) >= 11 is 0.543. The van der Waals surface area contributed by atoms with Crippen LogP contribution in [0, 0.1) is 0 Å². The molecule has 0 spiro atoms. The van der Waals surface area contributed by atoms with Gasteiger partial charge >= 0.3 is 88.2 Å². The molecule has 0 N–H and O–H groups in total. The fourth-order valence-electron chi connectivity index (χ4n) is 1.61. The maximum absolute atomic E-state index is 11.5. The molecule has 0 bridgehead atoms. The van der Waals surface area contributed by atoms with E-state index < -0.39 is 0 Å². The van der Waals surface area contributed by atoms with Gasteiger partial charge in [-0.3, -0.25) is 0 Å². The molecule has 1 aliphatic rings. The minimum atomic E-state index is 0.222. The van der Waals surface area contributed by atoms with Crippen molar-refractivity contribution >= 4 is 43.8 Å². The van der Waals surface area contributed by atoms with Crippen LogP contribution in [0.5, 0.6) is 0 Å². The molecule has 0 fully saturated rings. The SMILES string of the molecule is O=C1[Se]Cc2c1[se]c1ccccc21. The molecule has 1 aromatic heterocycles. The second-order valence-corrected chi connectivity index (χ2v) is 7.18. The van der Waals surface area contributed by atoms with Crippen LogP contribution in [-0.4, -0.2) is 34.1 Å². The third-order valence-corrected chi connectivity index (χ3v) is 7.32. The van der Waals surface area contributed by atoms with Gasteiger partial charge in [0.1, 0.15) is 0 Å². The van der Waals surface area contributed by atoms with Crippen LogP contribution in [0.3, 0.4) is 0 Å². The van der Waals surface area contributed by atoms with Gasteiger partial charge in [0.05, 0.1) is 0 Å². The number of hydrogen-bond acceptors (Lipinski definition) is 1. The Balaban J connectivity index is 2.44. The summed E-state index contributed by atoms with van der Waals surface area (Å²) in [5.74, 6) is 0. The van der Waals surface area contributed by atoms with Gasteiger partial charge in [-0.1, -0.05) is 0 Å². The number of benzene rings is 1. The first-order chi connectivity index (χ1) is 6.36. The molecule has 1 aromatic carbocycles. The summed E-state index contributed by atoms with van der Waals surface area (Å²) < 4.78 is 3.04. The topological polar surface area (TPSA) is 17.1 Å². The van der Waals surface area contributed by atoms with Crippen molar-refractivity contribution < 1.29 is 4.79 Å². The fourth-order valence-corrected chi connectivity index (χ4v) is 7.13. The Labute approximate surface area is 88.0 Å². The van der Waals surface area contributed by atoms with E-state index in [-0.39, 0.29) is 15.0 Å². The van der Waals surface area contributed by atoms with Crippen LogP contribution in [0.1, 0.15) is 14.8 Å². The summed E-state index contributed by atoms with van der Waals surface area (Å²) in [5, 5.41) is 2.41. The monoisotopic (exact) mass is 302 g/mol. The van der Waals surface area contributed by atoms with Gasteiger partial charge in [0.2, 0.25) is 0 Å². The van der Waals surface area contributed by atoms with E-state index >= 15 is 0 Å². The average molecular weight is 300 g/mol. The van der Waals surface area contributed by atoms with Crippen molar-refractivity contribution in [2.75, 3.05) is 0 Å². The summed E-state index contributed by atoms with van der Waals surface area (Å²) in [6.07, 6.45) is 0. The van der Waals surface area contributed by atoms with Crippen LogP contribution in [0.4, 0.5) is 0 Å². The van der Waals surface area contributed by atoms with E-state index in [9.17, 15) is 4.79 Å². The molecule has 0 atom stereocenters. The Hall–Kier alpha value is -0.331. The van der Waals surface area contributed by atoms with Crippen molar-refractivity contribution in [3.05, 3.63) is 34.3 Å². The van der Waals surface area contributed by atoms with E-state index in [0.717, 1.165) is 5.32 Å². The van der Waals surface area contributed by atoms with Gasteiger partial charge in [-0.15, -0.1) is 0 Å². The van der Waals surface area contributed by atoms with Gasteiger partial charge < -0.3 is 0 Å². The van der Waals surface area contributed by atoms with Gasteiger partial charge in [-0.25, -0.2) is 0 Å². The third kappa shape index (κ3) is 1.09. The van der Waals surface area contributed by atoms with E-state index in [1.54, 1.807) is 0 Å². The van der Waals surface area contributed by atoms with Gasteiger partial charge in [-0.05, 0) is 0 Å². The minimum absolute atomic E-state index is 0.222. The van der Waals surface area contributed by atoms with E-state index in [0.29, 0.717) is 19.2 Å². The van der Waals surface area contributed by atoms with Gasteiger partial charge in [-0.2, -0.15) is 0 Å².